The maximum Gasteiger partial charge on any atom is 0.419 e. The molecule has 0 spiro atoms. The minimum atomic E-state index is -1.34. The highest BCUT2D eigenvalue weighted by atomic mass is 28.3. The number of aromatic nitrogens is 3. The summed E-state index contributed by atoms with van der Waals surface area (Å²) in [6, 6.07) is 12.2. The van der Waals surface area contributed by atoms with Gasteiger partial charge >= 0.3 is 6.09 Å². The molecule has 3 aliphatic rings. The van der Waals surface area contributed by atoms with Crippen molar-refractivity contribution in [1.29, 1.82) is 0 Å². The second-order valence-corrected chi connectivity index (χ2v) is 23.5. The number of carbonyl (C=O) groups excluding carboxylic acids is 5. The van der Waals surface area contributed by atoms with Crippen LogP contribution in [0.4, 0.5) is 10.6 Å². The van der Waals surface area contributed by atoms with Gasteiger partial charge in [-0.3, -0.25) is 29.0 Å². The third-order valence-electron chi connectivity index (χ3n) is 11.0. The van der Waals surface area contributed by atoms with E-state index < -0.39 is 37.6 Å². The Balaban J connectivity index is 0.966. The molecule has 15 nitrogen and oxygen atoms in total. The van der Waals surface area contributed by atoms with Gasteiger partial charge in [-0.05, 0) is 89.5 Å². The summed E-state index contributed by atoms with van der Waals surface area (Å²) in [5.41, 5.74) is 2.79. The molecule has 3 aromatic heterocycles. The molecule has 1 N–H and O–H groups in total. The molecule has 320 valence electrons. The Labute approximate surface area is 356 Å². The molecule has 6 heterocycles. The number of amides is 4. The first-order valence-electron chi connectivity index (χ1n) is 20.7. The Hall–Kier alpha value is -5.89. The molecule has 2 fully saturated rings. The van der Waals surface area contributed by atoms with E-state index in [2.05, 4.69) is 51.7 Å². The number of imide groups is 1. The highest BCUT2D eigenvalue weighted by Crippen LogP contribution is 2.36. The third kappa shape index (κ3) is 9.85. The molecule has 2 atom stereocenters. The summed E-state index contributed by atoms with van der Waals surface area (Å²) >= 11 is 0. The smallest absolute Gasteiger partial charge is 0.419 e. The van der Waals surface area contributed by atoms with E-state index in [4.69, 9.17) is 14.2 Å². The number of carbonyl (C=O) groups is 5. The van der Waals surface area contributed by atoms with Crippen LogP contribution < -0.4 is 10.1 Å². The van der Waals surface area contributed by atoms with Gasteiger partial charge in [0.25, 0.3) is 17.7 Å². The minimum Gasteiger partial charge on any atom is -0.464 e. The van der Waals surface area contributed by atoms with Crippen molar-refractivity contribution in [1.82, 2.24) is 29.2 Å². The number of anilines is 1. The van der Waals surface area contributed by atoms with E-state index in [0.29, 0.717) is 28.8 Å². The van der Waals surface area contributed by atoms with Crippen molar-refractivity contribution in [3.05, 3.63) is 82.8 Å². The topological polar surface area (TPSA) is 165 Å². The van der Waals surface area contributed by atoms with Gasteiger partial charge in [-0.2, -0.15) is 0 Å². The Morgan fingerprint density at radius 2 is 1.80 bits per heavy atom. The molecule has 4 aromatic rings. The van der Waals surface area contributed by atoms with Crippen molar-refractivity contribution in [2.75, 3.05) is 38.9 Å². The van der Waals surface area contributed by atoms with E-state index in [9.17, 15) is 24.0 Å². The van der Waals surface area contributed by atoms with Gasteiger partial charge < -0.3 is 24.4 Å². The summed E-state index contributed by atoms with van der Waals surface area (Å²) in [7, 11) is 0.699. The van der Waals surface area contributed by atoms with Crippen molar-refractivity contribution in [2.24, 2.45) is 0 Å². The molecular formula is C45H53N7O8Si. The number of fused-ring (bicyclic) bond motifs is 2. The van der Waals surface area contributed by atoms with E-state index in [1.807, 2.05) is 40.0 Å². The summed E-state index contributed by atoms with van der Waals surface area (Å²) in [5.74, 6) is 5.15. The van der Waals surface area contributed by atoms with E-state index in [1.54, 1.807) is 41.1 Å². The standard InChI is InChI=1S/C45H53N7O8Si/c1-45(2,3)60-44(57)52-36-24-38(46-26-31(36)23-37(52)34-14-9-19-49(34)4)48-41(54)30-15-17-39(47-25-30)59-20-10-12-29-11-8-13-32-33(29)27-50(42(32)55)35-16-18-40(53)51(43(35)56)28-58-21-22-61(5,6)7/h8,11,13,15,17,23-26,34-35H,9,14,16,18-22,27-28H2,1-7H3,(H,46,48,54)/t34-,35?/m1/s1. The molecule has 3 aliphatic heterocycles. The summed E-state index contributed by atoms with van der Waals surface area (Å²) in [5, 5.41) is 3.57. The molecule has 1 aromatic carbocycles. The number of rotatable bonds is 11. The number of piperidine rings is 1. The van der Waals surface area contributed by atoms with Crippen LogP contribution >= 0.6 is 0 Å². The predicted octanol–water partition coefficient (Wildman–Crippen LogP) is 6.45. The number of nitrogens with zero attached hydrogens (tertiary/aromatic N) is 6. The van der Waals surface area contributed by atoms with Crippen LogP contribution in [0.2, 0.25) is 25.7 Å². The fourth-order valence-corrected chi connectivity index (χ4v) is 8.52. The molecule has 1 unspecified atom stereocenters. The van der Waals surface area contributed by atoms with Crippen LogP contribution in [-0.4, -0.2) is 112 Å². The normalized spacial score (nSPS) is 18.3. The Kier molecular flexibility index (Phi) is 12.5. The number of ether oxygens (including phenoxy) is 3. The molecule has 16 heteroatoms. The van der Waals surface area contributed by atoms with Gasteiger partial charge in [0.05, 0.1) is 17.1 Å². The van der Waals surface area contributed by atoms with Gasteiger partial charge in [-0.25, -0.2) is 19.3 Å². The monoisotopic (exact) mass is 847 g/mol. The Morgan fingerprint density at radius 1 is 1.00 bits per heavy atom. The predicted molar refractivity (Wildman–Crippen MR) is 231 cm³/mol. The number of pyridine rings is 2. The molecule has 61 heavy (non-hydrogen) atoms. The average Bonchev–Trinajstić information content (AvgIpc) is 3.90. The largest absolute Gasteiger partial charge is 0.464 e. The fourth-order valence-electron chi connectivity index (χ4n) is 7.77. The highest BCUT2D eigenvalue weighted by Gasteiger charge is 2.43. The average molecular weight is 848 g/mol. The zero-order valence-electron chi connectivity index (χ0n) is 35.9. The van der Waals surface area contributed by atoms with Crippen LogP contribution in [0.1, 0.15) is 90.0 Å². The zero-order chi connectivity index (χ0) is 43.6. The van der Waals surface area contributed by atoms with Crippen LogP contribution in [0, 0.1) is 11.8 Å². The number of hydrogen-bond donors (Lipinski definition) is 1. The minimum absolute atomic E-state index is 0.0182. The molecular weight excluding hydrogens is 795 g/mol. The number of benzene rings is 1. The lowest BCUT2D eigenvalue weighted by Gasteiger charge is -2.35. The summed E-state index contributed by atoms with van der Waals surface area (Å²) in [4.78, 5) is 80.1. The van der Waals surface area contributed by atoms with Gasteiger partial charge in [0.2, 0.25) is 11.8 Å². The van der Waals surface area contributed by atoms with Crippen molar-refractivity contribution in [2.45, 2.75) is 96.4 Å². The van der Waals surface area contributed by atoms with Crippen LogP contribution in [0.15, 0.2) is 54.9 Å². The van der Waals surface area contributed by atoms with E-state index in [1.165, 1.54) is 11.1 Å². The van der Waals surface area contributed by atoms with Crippen molar-refractivity contribution >= 4 is 54.5 Å². The number of nitrogens with one attached hydrogen (secondary N) is 1. The summed E-state index contributed by atoms with van der Waals surface area (Å²) < 4.78 is 18.9. The molecule has 0 aliphatic carbocycles. The lowest BCUT2D eigenvalue weighted by Crippen LogP contribution is -2.55. The van der Waals surface area contributed by atoms with Crippen molar-refractivity contribution in [3.8, 4) is 17.7 Å². The lowest BCUT2D eigenvalue weighted by atomic mass is 10.0. The first-order valence-corrected chi connectivity index (χ1v) is 24.4. The SMILES string of the molecule is CN1CCC[C@@H]1c1cc2cnc(NC(=O)c3ccc(OCC#Cc4cccc5c4CN(C4CCC(=O)N(COCC[Si](C)(C)C)C4=O)C5=O)nc3)cc2n1C(=O)OC(C)(C)C. The quantitative estimate of drug-likeness (QED) is 0.0764. The maximum atomic E-state index is 13.5. The molecule has 0 saturated carbocycles. The fraction of sp³-hybridized carbons (Fsp3) is 0.444. The molecule has 4 amide bonds. The number of hydrogen-bond acceptors (Lipinski definition) is 11. The van der Waals surface area contributed by atoms with Gasteiger partial charge in [-0.15, -0.1) is 0 Å². The maximum absolute atomic E-state index is 13.5. The second kappa shape index (κ2) is 17.6. The first kappa shape index (κ1) is 43.2. The van der Waals surface area contributed by atoms with E-state index in [-0.39, 0.29) is 67.8 Å². The third-order valence-corrected chi connectivity index (χ3v) is 12.7. The van der Waals surface area contributed by atoms with Crippen molar-refractivity contribution in [3.63, 3.8) is 0 Å². The Morgan fingerprint density at radius 3 is 2.51 bits per heavy atom. The zero-order valence-corrected chi connectivity index (χ0v) is 36.9. The van der Waals surface area contributed by atoms with Crippen molar-refractivity contribution < 1.29 is 38.2 Å². The van der Waals surface area contributed by atoms with Gasteiger partial charge in [-0.1, -0.05) is 37.5 Å². The summed E-state index contributed by atoms with van der Waals surface area (Å²) in [6.07, 6.45) is 4.87. The van der Waals surface area contributed by atoms with Gasteiger partial charge in [0, 0.05) is 74.4 Å². The highest BCUT2D eigenvalue weighted by molar-refractivity contribution is 6.76. The summed E-state index contributed by atoms with van der Waals surface area (Å²) in [6.45, 7) is 13.6. The Bertz CT molecular complexity index is 2420. The molecule has 0 bridgehead atoms. The van der Waals surface area contributed by atoms with E-state index >= 15 is 0 Å². The molecule has 2 saturated heterocycles. The number of likely N-dealkylation sites (tertiary alicyclic amines) is 2. The molecule has 0 radical (unpaired) electrons. The molecule has 7 rings (SSSR count). The van der Waals surface area contributed by atoms with E-state index in [0.717, 1.165) is 41.4 Å². The first-order chi connectivity index (χ1) is 29.0. The van der Waals surface area contributed by atoms with Crippen LogP contribution in [-0.2, 0) is 25.6 Å². The second-order valence-electron chi connectivity index (χ2n) is 17.9. The van der Waals surface area contributed by atoms with Crippen LogP contribution in [0.25, 0.3) is 10.9 Å². The van der Waals surface area contributed by atoms with Gasteiger partial charge in [0.15, 0.2) is 6.61 Å². The van der Waals surface area contributed by atoms with Crippen LogP contribution in [0.3, 0.4) is 0 Å². The van der Waals surface area contributed by atoms with Crippen LogP contribution in [0.5, 0.6) is 5.88 Å². The lowest BCUT2D eigenvalue weighted by molar-refractivity contribution is -0.158. The van der Waals surface area contributed by atoms with Gasteiger partial charge in [0.1, 0.15) is 24.2 Å².